The van der Waals surface area contributed by atoms with Gasteiger partial charge in [0, 0.05) is 0 Å². The number of carbonyl (C=O) groups excluding carboxylic acids is 1. The molecule has 18 heavy (non-hydrogen) atoms. The summed E-state index contributed by atoms with van der Waals surface area (Å²) in [4.78, 5) is 11.9. The molecule has 0 bridgehead atoms. The van der Waals surface area contributed by atoms with Crippen LogP contribution in [-0.4, -0.2) is 19.1 Å². The van der Waals surface area contributed by atoms with E-state index < -0.39 is 0 Å². The average molecular weight is 249 g/mol. The van der Waals surface area contributed by atoms with Gasteiger partial charge in [0.15, 0.2) is 0 Å². The molecule has 0 aliphatic rings. The number of esters is 1. The number of rotatable bonds is 7. The maximum atomic E-state index is 11.9. The molecular formula is C15H23NO2. The Bertz CT molecular complexity index is 359. The Hall–Kier alpha value is -1.35. The first-order valence-electron chi connectivity index (χ1n) is 6.65. The zero-order chi connectivity index (χ0) is 13.4. The van der Waals surface area contributed by atoms with Crippen molar-refractivity contribution in [1.29, 1.82) is 0 Å². The van der Waals surface area contributed by atoms with Crippen molar-refractivity contribution >= 4 is 5.97 Å². The second-order valence-electron chi connectivity index (χ2n) is 4.40. The fraction of sp³-hybridized carbons (Fsp3) is 0.533. The van der Waals surface area contributed by atoms with Gasteiger partial charge in [0.25, 0.3) is 0 Å². The van der Waals surface area contributed by atoms with Crippen LogP contribution in [0.15, 0.2) is 24.3 Å². The number of unbranched alkanes of at least 4 members (excludes halogenated alkanes) is 1. The van der Waals surface area contributed by atoms with Crippen molar-refractivity contribution in [2.45, 2.75) is 39.7 Å². The van der Waals surface area contributed by atoms with Crippen molar-refractivity contribution in [2.24, 2.45) is 0 Å². The maximum absolute atomic E-state index is 11.9. The molecule has 0 fully saturated rings. The lowest BCUT2D eigenvalue weighted by molar-refractivity contribution is -0.145. The van der Waals surface area contributed by atoms with Crippen LogP contribution in [0.5, 0.6) is 0 Å². The summed E-state index contributed by atoms with van der Waals surface area (Å²) in [6.07, 6.45) is 2.16. The summed E-state index contributed by atoms with van der Waals surface area (Å²) < 4.78 is 5.12. The molecule has 1 atom stereocenters. The molecule has 3 heteroatoms. The Morgan fingerprint density at radius 1 is 1.28 bits per heavy atom. The Balaban J connectivity index is 2.75. The molecule has 1 N–H and O–H groups in total. The molecule has 0 spiro atoms. The van der Waals surface area contributed by atoms with E-state index in [1.54, 1.807) is 0 Å². The molecule has 0 saturated carbocycles. The van der Waals surface area contributed by atoms with Crippen LogP contribution in [0.25, 0.3) is 0 Å². The van der Waals surface area contributed by atoms with Gasteiger partial charge in [0.2, 0.25) is 0 Å². The largest absolute Gasteiger partial charge is 0.465 e. The molecule has 0 radical (unpaired) electrons. The lowest BCUT2D eigenvalue weighted by atomic mass is 10.1. The van der Waals surface area contributed by atoms with Crippen LogP contribution in [0.4, 0.5) is 0 Å². The first-order valence-corrected chi connectivity index (χ1v) is 6.65. The highest BCUT2D eigenvalue weighted by molar-refractivity contribution is 5.77. The molecule has 1 rings (SSSR count). The minimum absolute atomic E-state index is 0.197. The van der Waals surface area contributed by atoms with Crippen molar-refractivity contribution < 1.29 is 9.53 Å². The maximum Gasteiger partial charge on any atom is 0.327 e. The van der Waals surface area contributed by atoms with E-state index in [-0.39, 0.29) is 12.0 Å². The number of benzene rings is 1. The second-order valence-corrected chi connectivity index (χ2v) is 4.40. The van der Waals surface area contributed by atoms with Gasteiger partial charge in [-0.05, 0) is 32.4 Å². The van der Waals surface area contributed by atoms with E-state index in [0.29, 0.717) is 6.61 Å². The molecule has 0 aliphatic carbocycles. The van der Waals surface area contributed by atoms with Crippen molar-refractivity contribution in [3.63, 3.8) is 0 Å². The monoisotopic (exact) mass is 249 g/mol. The molecule has 0 heterocycles. The fourth-order valence-corrected chi connectivity index (χ4v) is 1.74. The third-order valence-corrected chi connectivity index (χ3v) is 2.81. The van der Waals surface area contributed by atoms with Gasteiger partial charge in [-0.2, -0.15) is 0 Å². The first-order chi connectivity index (χ1) is 8.69. The molecule has 1 aromatic rings. The van der Waals surface area contributed by atoms with E-state index in [1.807, 2.05) is 38.1 Å². The lowest BCUT2D eigenvalue weighted by Crippen LogP contribution is -2.31. The molecule has 3 nitrogen and oxygen atoms in total. The quantitative estimate of drug-likeness (QED) is 0.596. The van der Waals surface area contributed by atoms with Gasteiger partial charge < -0.3 is 10.1 Å². The summed E-state index contributed by atoms with van der Waals surface area (Å²) in [6.45, 7) is 7.24. The smallest absolute Gasteiger partial charge is 0.327 e. The summed E-state index contributed by atoms with van der Waals surface area (Å²) >= 11 is 0. The number of ether oxygens (including phenoxy) is 1. The third kappa shape index (κ3) is 4.49. The summed E-state index contributed by atoms with van der Waals surface area (Å²) in [5, 5.41) is 3.27. The van der Waals surface area contributed by atoms with Gasteiger partial charge >= 0.3 is 5.97 Å². The summed E-state index contributed by atoms with van der Waals surface area (Å²) in [7, 11) is 0. The average Bonchev–Trinajstić information content (AvgIpc) is 2.36. The number of carbonyl (C=O) groups is 1. The Labute approximate surface area is 110 Å². The van der Waals surface area contributed by atoms with Crippen LogP contribution in [0.2, 0.25) is 0 Å². The Morgan fingerprint density at radius 3 is 2.50 bits per heavy atom. The second kappa shape index (κ2) is 7.88. The predicted molar refractivity (Wildman–Crippen MR) is 73.5 cm³/mol. The highest BCUT2D eigenvalue weighted by Gasteiger charge is 2.20. The third-order valence-electron chi connectivity index (χ3n) is 2.81. The van der Waals surface area contributed by atoms with Crippen molar-refractivity contribution in [3.8, 4) is 0 Å². The van der Waals surface area contributed by atoms with E-state index in [2.05, 4.69) is 12.2 Å². The predicted octanol–water partition coefficient (Wildman–Crippen LogP) is 2.99. The van der Waals surface area contributed by atoms with Crippen LogP contribution in [0, 0.1) is 6.92 Å². The van der Waals surface area contributed by atoms with Crippen LogP contribution < -0.4 is 5.32 Å². The molecule has 0 aliphatic heterocycles. The van der Waals surface area contributed by atoms with Gasteiger partial charge in [-0.1, -0.05) is 43.2 Å². The molecule has 1 aromatic carbocycles. The topological polar surface area (TPSA) is 38.3 Å². The molecular weight excluding hydrogens is 226 g/mol. The van der Waals surface area contributed by atoms with Crippen molar-refractivity contribution in [2.75, 3.05) is 13.2 Å². The van der Waals surface area contributed by atoms with Gasteiger partial charge in [-0.25, -0.2) is 4.79 Å². The number of hydrogen-bond acceptors (Lipinski definition) is 3. The van der Waals surface area contributed by atoms with Gasteiger partial charge in [-0.3, -0.25) is 0 Å². The van der Waals surface area contributed by atoms with E-state index >= 15 is 0 Å². The summed E-state index contributed by atoms with van der Waals surface area (Å²) in [6, 6.07) is 7.65. The fourth-order valence-electron chi connectivity index (χ4n) is 1.74. The van der Waals surface area contributed by atoms with Gasteiger partial charge in [-0.15, -0.1) is 0 Å². The van der Waals surface area contributed by atoms with Gasteiger partial charge in [0.1, 0.15) is 6.04 Å². The SMILES string of the molecule is CCCCNC(C(=O)OCC)c1ccc(C)cc1. The zero-order valence-electron chi connectivity index (χ0n) is 11.5. The van der Waals surface area contributed by atoms with Crippen molar-refractivity contribution in [3.05, 3.63) is 35.4 Å². The van der Waals surface area contributed by atoms with Crippen LogP contribution in [0.1, 0.15) is 43.9 Å². The molecule has 0 amide bonds. The van der Waals surface area contributed by atoms with E-state index in [0.717, 1.165) is 24.9 Å². The number of hydrogen-bond donors (Lipinski definition) is 1. The minimum Gasteiger partial charge on any atom is -0.465 e. The standard InChI is InChI=1S/C15H23NO2/c1-4-6-11-16-14(15(17)18-5-2)13-9-7-12(3)8-10-13/h7-10,14,16H,4-6,11H2,1-3H3. The highest BCUT2D eigenvalue weighted by atomic mass is 16.5. The number of nitrogens with one attached hydrogen (secondary N) is 1. The van der Waals surface area contributed by atoms with E-state index in [9.17, 15) is 4.79 Å². The minimum atomic E-state index is -0.350. The summed E-state index contributed by atoms with van der Waals surface area (Å²) in [5.74, 6) is -0.197. The first kappa shape index (κ1) is 14.7. The zero-order valence-corrected chi connectivity index (χ0v) is 11.5. The molecule has 0 aromatic heterocycles. The van der Waals surface area contributed by atoms with Crippen LogP contribution in [0.3, 0.4) is 0 Å². The van der Waals surface area contributed by atoms with Crippen LogP contribution in [-0.2, 0) is 9.53 Å². The normalized spacial score (nSPS) is 12.2. The van der Waals surface area contributed by atoms with Crippen molar-refractivity contribution in [1.82, 2.24) is 5.32 Å². The van der Waals surface area contributed by atoms with Gasteiger partial charge in [0.05, 0.1) is 6.61 Å². The Kier molecular flexibility index (Phi) is 6.44. The van der Waals surface area contributed by atoms with E-state index in [1.165, 1.54) is 5.56 Å². The molecule has 0 saturated heterocycles. The molecule has 1 unspecified atom stereocenters. The summed E-state index contributed by atoms with van der Waals surface area (Å²) in [5.41, 5.74) is 2.16. The van der Waals surface area contributed by atoms with Crippen LogP contribution >= 0.6 is 0 Å². The highest BCUT2D eigenvalue weighted by Crippen LogP contribution is 2.15. The van der Waals surface area contributed by atoms with E-state index in [4.69, 9.17) is 4.74 Å². The Morgan fingerprint density at radius 2 is 1.94 bits per heavy atom. The number of aryl methyl sites for hydroxylation is 1. The molecule has 100 valence electrons. The lowest BCUT2D eigenvalue weighted by Gasteiger charge is -2.17.